The Balaban J connectivity index is 1.69. The van der Waals surface area contributed by atoms with E-state index in [4.69, 9.17) is 4.74 Å². The molecule has 0 spiro atoms. The van der Waals surface area contributed by atoms with Crippen molar-refractivity contribution >= 4 is 28.6 Å². The Morgan fingerprint density at radius 2 is 2.04 bits per heavy atom. The van der Waals surface area contributed by atoms with E-state index >= 15 is 0 Å². The molecule has 9 heteroatoms. The molecular formula is C17H20N6O3. The Hall–Kier alpha value is -3.36. The van der Waals surface area contributed by atoms with E-state index < -0.39 is 0 Å². The molecule has 2 aromatic heterocycles. The zero-order chi connectivity index (χ0) is 18.7. The van der Waals surface area contributed by atoms with Gasteiger partial charge in [-0.25, -0.2) is 4.68 Å². The summed E-state index contributed by atoms with van der Waals surface area (Å²) in [5.74, 6) is 0.656. The lowest BCUT2D eigenvalue weighted by atomic mass is 10.3. The predicted octanol–water partition coefficient (Wildman–Crippen LogP) is 1.76. The maximum atomic E-state index is 12.1. The second-order valence-electron chi connectivity index (χ2n) is 5.96. The van der Waals surface area contributed by atoms with Crippen molar-refractivity contribution in [3.8, 4) is 5.75 Å². The van der Waals surface area contributed by atoms with E-state index in [-0.39, 0.29) is 30.0 Å². The molecule has 1 aromatic carbocycles. The highest BCUT2D eigenvalue weighted by Crippen LogP contribution is 2.15. The summed E-state index contributed by atoms with van der Waals surface area (Å²) < 4.78 is 6.73. The largest absolute Gasteiger partial charge is 0.497 e. The van der Waals surface area contributed by atoms with E-state index in [0.717, 1.165) is 0 Å². The molecular weight excluding hydrogens is 336 g/mol. The second kappa shape index (κ2) is 7.26. The van der Waals surface area contributed by atoms with Gasteiger partial charge >= 0.3 is 0 Å². The number of aromatic nitrogens is 4. The molecule has 0 aliphatic carbocycles. The number of rotatable bonds is 6. The third kappa shape index (κ3) is 3.66. The number of methoxy groups -OCH3 is 1. The van der Waals surface area contributed by atoms with Gasteiger partial charge in [0.1, 0.15) is 11.1 Å². The number of carbonyl (C=O) groups excluding carboxylic acids is 1. The van der Waals surface area contributed by atoms with Crippen LogP contribution in [0.5, 0.6) is 5.75 Å². The quantitative estimate of drug-likeness (QED) is 0.620. The zero-order valence-corrected chi connectivity index (χ0v) is 14.7. The Kier molecular flexibility index (Phi) is 4.87. The molecule has 1 amide bonds. The van der Waals surface area contributed by atoms with Crippen LogP contribution in [0.1, 0.15) is 19.9 Å². The lowest BCUT2D eigenvalue weighted by molar-refractivity contribution is -0.114. The number of H-pyrrole nitrogens is 1. The summed E-state index contributed by atoms with van der Waals surface area (Å²) in [5, 5.41) is 10.2. The van der Waals surface area contributed by atoms with Crippen molar-refractivity contribution in [3.05, 3.63) is 40.8 Å². The first-order valence-corrected chi connectivity index (χ1v) is 8.13. The summed E-state index contributed by atoms with van der Waals surface area (Å²) in [7, 11) is 1.58. The minimum absolute atomic E-state index is 0.0453. The molecule has 0 unspecified atom stereocenters. The molecule has 0 bridgehead atoms. The van der Waals surface area contributed by atoms with Crippen molar-refractivity contribution in [3.63, 3.8) is 0 Å². The van der Waals surface area contributed by atoms with Crippen LogP contribution in [0.15, 0.2) is 35.3 Å². The number of carbonyl (C=O) groups is 1. The van der Waals surface area contributed by atoms with Gasteiger partial charge in [0, 0.05) is 11.7 Å². The molecule has 0 atom stereocenters. The predicted molar refractivity (Wildman–Crippen MR) is 98.6 cm³/mol. The number of anilines is 2. The third-order valence-electron chi connectivity index (χ3n) is 3.74. The fourth-order valence-corrected chi connectivity index (χ4v) is 2.44. The molecule has 0 saturated carbocycles. The minimum Gasteiger partial charge on any atom is -0.497 e. The van der Waals surface area contributed by atoms with Crippen LogP contribution in [0.3, 0.4) is 0 Å². The van der Waals surface area contributed by atoms with Crippen molar-refractivity contribution < 1.29 is 9.53 Å². The number of amides is 1. The molecule has 3 N–H and O–H groups in total. The molecule has 3 rings (SSSR count). The molecule has 0 fully saturated rings. The van der Waals surface area contributed by atoms with Gasteiger partial charge in [0.2, 0.25) is 11.9 Å². The molecule has 0 saturated heterocycles. The van der Waals surface area contributed by atoms with E-state index in [1.807, 2.05) is 13.8 Å². The minimum atomic E-state index is -0.306. The van der Waals surface area contributed by atoms with Crippen molar-refractivity contribution in [2.45, 2.75) is 19.9 Å². The fraction of sp³-hybridized carbons (Fsp3) is 0.294. The van der Waals surface area contributed by atoms with Gasteiger partial charge in [0.05, 0.1) is 19.9 Å². The maximum absolute atomic E-state index is 12.1. The van der Waals surface area contributed by atoms with Crippen molar-refractivity contribution in [2.24, 2.45) is 0 Å². The number of nitrogens with one attached hydrogen (secondary N) is 3. The number of hydrogen-bond acceptors (Lipinski definition) is 6. The normalized spacial score (nSPS) is 10.9. The first-order valence-electron chi connectivity index (χ1n) is 8.13. The van der Waals surface area contributed by atoms with Gasteiger partial charge in [-0.1, -0.05) is 0 Å². The zero-order valence-electron chi connectivity index (χ0n) is 14.7. The smallest absolute Gasteiger partial charge is 0.263 e. The first-order chi connectivity index (χ1) is 12.5. The van der Waals surface area contributed by atoms with Crippen LogP contribution >= 0.6 is 0 Å². The molecule has 3 aromatic rings. The van der Waals surface area contributed by atoms with Crippen LogP contribution in [0.4, 0.5) is 11.6 Å². The van der Waals surface area contributed by atoms with Crippen molar-refractivity contribution in [1.82, 2.24) is 19.7 Å². The van der Waals surface area contributed by atoms with E-state index in [1.165, 1.54) is 6.20 Å². The van der Waals surface area contributed by atoms with Gasteiger partial charge in [-0.3, -0.25) is 14.6 Å². The molecule has 2 heterocycles. The van der Waals surface area contributed by atoms with Gasteiger partial charge < -0.3 is 15.4 Å². The highest BCUT2D eigenvalue weighted by atomic mass is 16.5. The van der Waals surface area contributed by atoms with Crippen LogP contribution in [0.25, 0.3) is 11.0 Å². The molecule has 0 radical (unpaired) electrons. The summed E-state index contributed by atoms with van der Waals surface area (Å²) in [6, 6.07) is 7.05. The van der Waals surface area contributed by atoms with E-state index in [2.05, 4.69) is 25.7 Å². The second-order valence-corrected chi connectivity index (χ2v) is 5.96. The first kappa shape index (κ1) is 17.5. The molecule has 26 heavy (non-hydrogen) atoms. The highest BCUT2D eigenvalue weighted by molar-refractivity contribution is 5.93. The van der Waals surface area contributed by atoms with Crippen LogP contribution in [-0.2, 0) is 4.79 Å². The number of aromatic amines is 1. The number of nitrogens with zero attached hydrogens (tertiary/aromatic N) is 3. The molecule has 136 valence electrons. The Labute approximate surface area is 149 Å². The van der Waals surface area contributed by atoms with Gasteiger partial charge in [-0.05, 0) is 38.1 Å². The fourth-order valence-electron chi connectivity index (χ4n) is 2.44. The summed E-state index contributed by atoms with van der Waals surface area (Å²) >= 11 is 0. The van der Waals surface area contributed by atoms with E-state index in [1.54, 1.807) is 36.1 Å². The van der Waals surface area contributed by atoms with Gasteiger partial charge in [0.15, 0.2) is 5.65 Å². The van der Waals surface area contributed by atoms with E-state index in [0.29, 0.717) is 22.5 Å². The van der Waals surface area contributed by atoms with Crippen LogP contribution in [0, 0.1) is 0 Å². The van der Waals surface area contributed by atoms with Crippen molar-refractivity contribution in [2.75, 3.05) is 24.3 Å². The van der Waals surface area contributed by atoms with E-state index in [9.17, 15) is 9.59 Å². The van der Waals surface area contributed by atoms with Crippen molar-refractivity contribution in [1.29, 1.82) is 0 Å². The van der Waals surface area contributed by atoms with Crippen LogP contribution in [0.2, 0.25) is 0 Å². The average Bonchev–Trinajstić information content (AvgIpc) is 3.05. The number of benzene rings is 1. The summed E-state index contributed by atoms with van der Waals surface area (Å²) in [6.07, 6.45) is 1.49. The van der Waals surface area contributed by atoms with Crippen LogP contribution in [-0.4, -0.2) is 39.3 Å². The topological polar surface area (TPSA) is 114 Å². The molecule has 0 aliphatic heterocycles. The van der Waals surface area contributed by atoms with Crippen LogP contribution < -0.4 is 20.9 Å². The third-order valence-corrected chi connectivity index (χ3v) is 3.74. The lowest BCUT2D eigenvalue weighted by Gasteiger charge is -2.09. The summed E-state index contributed by atoms with van der Waals surface area (Å²) in [5.41, 5.74) is 0.814. The molecule has 9 nitrogen and oxygen atoms in total. The maximum Gasteiger partial charge on any atom is 0.263 e. The SMILES string of the molecule is COc1ccc(NC(=O)CNc2nc3c(cnn3C(C)C)c(=O)[nH]2)cc1. The lowest BCUT2D eigenvalue weighted by Crippen LogP contribution is -2.24. The number of hydrogen-bond donors (Lipinski definition) is 3. The highest BCUT2D eigenvalue weighted by Gasteiger charge is 2.12. The Bertz CT molecular complexity index is 974. The standard InChI is InChI=1S/C17H20N6O3/c1-10(2)23-15-13(8-19-23)16(25)22-17(21-15)18-9-14(24)20-11-4-6-12(26-3)7-5-11/h4-8,10H,9H2,1-3H3,(H,20,24)(H2,18,21,22,25). The van der Waals surface area contributed by atoms with Gasteiger partial charge in [-0.15, -0.1) is 0 Å². The summed E-state index contributed by atoms with van der Waals surface area (Å²) in [6.45, 7) is 3.85. The number of fused-ring (bicyclic) bond motifs is 1. The Morgan fingerprint density at radius 3 is 2.69 bits per heavy atom. The average molecular weight is 356 g/mol. The summed E-state index contributed by atoms with van der Waals surface area (Å²) in [4.78, 5) is 31.2. The number of ether oxygens (including phenoxy) is 1. The van der Waals surface area contributed by atoms with Gasteiger partial charge in [0.25, 0.3) is 5.56 Å². The Morgan fingerprint density at radius 1 is 1.31 bits per heavy atom. The van der Waals surface area contributed by atoms with Gasteiger partial charge in [-0.2, -0.15) is 10.1 Å². The molecule has 0 aliphatic rings. The monoisotopic (exact) mass is 356 g/mol.